The van der Waals surface area contributed by atoms with E-state index in [0.717, 1.165) is 6.54 Å². The number of rotatable bonds is 6. The van der Waals surface area contributed by atoms with Crippen LogP contribution in [0.2, 0.25) is 0 Å². The minimum Gasteiger partial charge on any atom is -0.383 e. The van der Waals surface area contributed by atoms with E-state index in [-0.39, 0.29) is 11.4 Å². The van der Waals surface area contributed by atoms with E-state index in [1.165, 1.54) is 5.56 Å². The van der Waals surface area contributed by atoms with Crippen LogP contribution in [-0.4, -0.2) is 31.7 Å². The van der Waals surface area contributed by atoms with E-state index >= 15 is 0 Å². The summed E-state index contributed by atoms with van der Waals surface area (Å²) < 4.78 is 4.89. The maximum absolute atomic E-state index is 11.8. The molecule has 0 aliphatic carbocycles. The van der Waals surface area contributed by atoms with Crippen molar-refractivity contribution in [1.29, 1.82) is 0 Å². The summed E-state index contributed by atoms with van der Waals surface area (Å²) in [5, 5.41) is 6.21. The molecule has 1 rings (SSSR count). The first-order valence-corrected chi connectivity index (χ1v) is 6.53. The Kier molecular flexibility index (Phi) is 5.99. The van der Waals surface area contributed by atoms with Crippen LogP contribution in [0.4, 0.5) is 0 Å². The van der Waals surface area contributed by atoms with Gasteiger partial charge in [-0.2, -0.15) is 0 Å². The quantitative estimate of drug-likeness (QED) is 0.772. The van der Waals surface area contributed by atoms with Crippen molar-refractivity contribution in [3.8, 4) is 0 Å². The van der Waals surface area contributed by atoms with E-state index in [2.05, 4.69) is 31.4 Å². The molecule has 1 aromatic rings. The fraction of sp³-hybridized carbons (Fsp3) is 0.533. The van der Waals surface area contributed by atoms with Gasteiger partial charge in [0, 0.05) is 31.3 Å². The number of nitrogens with one attached hydrogen (secondary N) is 2. The number of hydrogen-bond acceptors (Lipinski definition) is 3. The summed E-state index contributed by atoms with van der Waals surface area (Å²) in [7, 11) is 1.61. The third-order valence-electron chi connectivity index (χ3n) is 2.63. The molecule has 2 N–H and O–H groups in total. The lowest BCUT2D eigenvalue weighted by atomic mass is 10.1. The standard InChI is InChI=1S/C15H24N2O2/c1-15(2,3)17-11-12-5-7-13(8-6-12)14(18)16-9-10-19-4/h5-8,17H,9-11H2,1-4H3,(H,16,18). The molecule has 0 unspecified atom stereocenters. The Morgan fingerprint density at radius 3 is 2.37 bits per heavy atom. The Morgan fingerprint density at radius 1 is 1.21 bits per heavy atom. The zero-order chi connectivity index (χ0) is 14.3. The van der Waals surface area contributed by atoms with Gasteiger partial charge in [0.05, 0.1) is 6.61 Å². The second kappa shape index (κ2) is 7.26. The van der Waals surface area contributed by atoms with Crippen LogP contribution in [0.15, 0.2) is 24.3 Å². The number of hydrogen-bond donors (Lipinski definition) is 2. The molecule has 0 bridgehead atoms. The molecule has 106 valence electrons. The van der Waals surface area contributed by atoms with E-state index in [0.29, 0.717) is 18.7 Å². The lowest BCUT2D eigenvalue weighted by Crippen LogP contribution is -2.35. The number of ether oxygens (including phenoxy) is 1. The molecule has 0 saturated carbocycles. The molecule has 1 aromatic carbocycles. The van der Waals surface area contributed by atoms with Gasteiger partial charge >= 0.3 is 0 Å². The Balaban J connectivity index is 2.49. The SMILES string of the molecule is COCCNC(=O)c1ccc(CNC(C)(C)C)cc1. The predicted molar refractivity (Wildman–Crippen MR) is 77.2 cm³/mol. The Hall–Kier alpha value is -1.39. The zero-order valence-corrected chi connectivity index (χ0v) is 12.2. The Labute approximate surface area is 115 Å². The smallest absolute Gasteiger partial charge is 0.251 e. The summed E-state index contributed by atoms with van der Waals surface area (Å²) in [6, 6.07) is 7.65. The number of amides is 1. The normalized spacial score (nSPS) is 11.4. The van der Waals surface area contributed by atoms with Gasteiger partial charge in [-0.05, 0) is 38.5 Å². The maximum Gasteiger partial charge on any atom is 0.251 e. The maximum atomic E-state index is 11.8. The third kappa shape index (κ3) is 6.36. The van der Waals surface area contributed by atoms with Gasteiger partial charge in [0.2, 0.25) is 0 Å². The molecule has 0 atom stereocenters. The van der Waals surface area contributed by atoms with E-state index in [1.54, 1.807) is 7.11 Å². The largest absolute Gasteiger partial charge is 0.383 e. The van der Waals surface area contributed by atoms with Crippen molar-refractivity contribution in [2.75, 3.05) is 20.3 Å². The molecule has 0 aliphatic rings. The highest BCUT2D eigenvalue weighted by Crippen LogP contribution is 2.07. The van der Waals surface area contributed by atoms with Gasteiger partial charge in [0.1, 0.15) is 0 Å². The van der Waals surface area contributed by atoms with Crippen LogP contribution in [0.1, 0.15) is 36.7 Å². The first kappa shape index (κ1) is 15.7. The van der Waals surface area contributed by atoms with E-state index in [9.17, 15) is 4.79 Å². The van der Waals surface area contributed by atoms with Crippen LogP contribution in [0.25, 0.3) is 0 Å². The highest BCUT2D eigenvalue weighted by atomic mass is 16.5. The first-order chi connectivity index (χ1) is 8.92. The molecule has 19 heavy (non-hydrogen) atoms. The lowest BCUT2D eigenvalue weighted by Gasteiger charge is -2.20. The monoisotopic (exact) mass is 264 g/mol. The van der Waals surface area contributed by atoms with Crippen molar-refractivity contribution in [1.82, 2.24) is 10.6 Å². The highest BCUT2D eigenvalue weighted by molar-refractivity contribution is 5.94. The van der Waals surface area contributed by atoms with Crippen LogP contribution in [0.3, 0.4) is 0 Å². The molecule has 0 spiro atoms. The molecule has 0 radical (unpaired) electrons. The van der Waals surface area contributed by atoms with Gasteiger partial charge in [-0.15, -0.1) is 0 Å². The zero-order valence-electron chi connectivity index (χ0n) is 12.2. The second-order valence-electron chi connectivity index (χ2n) is 5.55. The number of carbonyl (C=O) groups excluding carboxylic acids is 1. The topological polar surface area (TPSA) is 50.4 Å². The van der Waals surface area contributed by atoms with Crippen molar-refractivity contribution in [3.05, 3.63) is 35.4 Å². The number of methoxy groups -OCH3 is 1. The van der Waals surface area contributed by atoms with Gasteiger partial charge < -0.3 is 15.4 Å². The summed E-state index contributed by atoms with van der Waals surface area (Å²) in [5.74, 6) is -0.0626. The van der Waals surface area contributed by atoms with E-state index in [1.807, 2.05) is 24.3 Å². The van der Waals surface area contributed by atoms with Gasteiger partial charge in [-0.3, -0.25) is 4.79 Å². The summed E-state index contributed by atoms with van der Waals surface area (Å²) in [5.41, 5.74) is 1.94. The predicted octanol–water partition coefficient (Wildman–Crippen LogP) is 1.95. The van der Waals surface area contributed by atoms with E-state index < -0.39 is 0 Å². The van der Waals surface area contributed by atoms with Gasteiger partial charge in [-0.25, -0.2) is 0 Å². The summed E-state index contributed by atoms with van der Waals surface area (Å²) in [6.07, 6.45) is 0. The van der Waals surface area contributed by atoms with Gasteiger partial charge in [0.15, 0.2) is 0 Å². The molecule has 0 aliphatic heterocycles. The number of benzene rings is 1. The van der Waals surface area contributed by atoms with Crippen molar-refractivity contribution in [3.63, 3.8) is 0 Å². The fourth-order valence-corrected chi connectivity index (χ4v) is 1.51. The summed E-state index contributed by atoms with van der Waals surface area (Å²) in [4.78, 5) is 11.8. The highest BCUT2D eigenvalue weighted by Gasteiger charge is 2.09. The molecular formula is C15H24N2O2. The molecule has 1 amide bonds. The average molecular weight is 264 g/mol. The van der Waals surface area contributed by atoms with Crippen molar-refractivity contribution >= 4 is 5.91 Å². The van der Waals surface area contributed by atoms with Crippen LogP contribution in [0.5, 0.6) is 0 Å². The third-order valence-corrected chi connectivity index (χ3v) is 2.63. The van der Waals surface area contributed by atoms with Crippen molar-refractivity contribution < 1.29 is 9.53 Å². The minimum atomic E-state index is -0.0626. The molecule has 0 fully saturated rings. The molecule has 0 saturated heterocycles. The summed E-state index contributed by atoms with van der Waals surface area (Å²) in [6.45, 7) is 8.25. The first-order valence-electron chi connectivity index (χ1n) is 6.53. The molecular weight excluding hydrogens is 240 g/mol. The molecule has 4 nitrogen and oxygen atoms in total. The lowest BCUT2D eigenvalue weighted by molar-refractivity contribution is 0.0937. The fourth-order valence-electron chi connectivity index (χ4n) is 1.51. The van der Waals surface area contributed by atoms with Crippen LogP contribution >= 0.6 is 0 Å². The van der Waals surface area contributed by atoms with Gasteiger partial charge in [0.25, 0.3) is 5.91 Å². The van der Waals surface area contributed by atoms with Crippen LogP contribution in [0, 0.1) is 0 Å². The average Bonchev–Trinajstić information content (AvgIpc) is 2.36. The van der Waals surface area contributed by atoms with Crippen molar-refractivity contribution in [2.45, 2.75) is 32.9 Å². The molecule has 4 heteroatoms. The van der Waals surface area contributed by atoms with E-state index in [4.69, 9.17) is 4.74 Å². The Bertz CT molecular complexity index is 394. The van der Waals surface area contributed by atoms with Crippen molar-refractivity contribution in [2.24, 2.45) is 0 Å². The molecule has 0 aromatic heterocycles. The van der Waals surface area contributed by atoms with Gasteiger partial charge in [-0.1, -0.05) is 12.1 Å². The summed E-state index contributed by atoms with van der Waals surface area (Å²) >= 11 is 0. The number of carbonyl (C=O) groups is 1. The molecule has 0 heterocycles. The van der Waals surface area contributed by atoms with Crippen LogP contribution < -0.4 is 10.6 Å². The second-order valence-corrected chi connectivity index (χ2v) is 5.55. The minimum absolute atomic E-state index is 0.0626. The Morgan fingerprint density at radius 2 is 1.84 bits per heavy atom. The van der Waals surface area contributed by atoms with Crippen LogP contribution in [-0.2, 0) is 11.3 Å².